The van der Waals surface area contributed by atoms with Gasteiger partial charge in [-0.05, 0) is 43.2 Å². The van der Waals surface area contributed by atoms with Gasteiger partial charge in [-0.3, -0.25) is 9.59 Å². The molecule has 0 saturated heterocycles. The van der Waals surface area contributed by atoms with Crippen LogP contribution in [-0.2, 0) is 16.1 Å². The molecular weight excluding hydrogens is 340 g/mol. The van der Waals surface area contributed by atoms with Crippen molar-refractivity contribution in [3.05, 3.63) is 71.3 Å². The third-order valence-electron chi connectivity index (χ3n) is 4.19. The minimum Gasteiger partial charge on any atom is -0.497 e. The van der Waals surface area contributed by atoms with Crippen LogP contribution in [0.15, 0.2) is 54.6 Å². The van der Waals surface area contributed by atoms with E-state index >= 15 is 0 Å². The molecule has 5 nitrogen and oxygen atoms in total. The van der Waals surface area contributed by atoms with Gasteiger partial charge in [0.05, 0.1) is 7.11 Å². The van der Waals surface area contributed by atoms with E-state index in [1.54, 1.807) is 32.1 Å². The maximum atomic E-state index is 12.5. The molecule has 0 heterocycles. The van der Waals surface area contributed by atoms with Crippen LogP contribution in [-0.4, -0.2) is 36.9 Å². The molecule has 1 atom stereocenters. The average molecular weight is 366 g/mol. The number of benzene rings is 2. The van der Waals surface area contributed by atoms with E-state index < -0.39 is 6.04 Å². The zero-order chi connectivity index (χ0) is 19.8. The topological polar surface area (TPSA) is 58.6 Å². The van der Waals surface area contributed by atoms with E-state index in [4.69, 9.17) is 4.74 Å². The largest absolute Gasteiger partial charge is 0.497 e. The first-order valence-electron chi connectivity index (χ1n) is 8.82. The highest BCUT2D eigenvalue weighted by Crippen LogP contribution is 2.12. The molecule has 0 spiro atoms. The molecule has 5 heteroatoms. The van der Waals surface area contributed by atoms with E-state index in [-0.39, 0.29) is 11.8 Å². The molecule has 0 radical (unpaired) electrons. The number of hydrogen-bond acceptors (Lipinski definition) is 3. The third kappa shape index (κ3) is 6.29. The van der Waals surface area contributed by atoms with Gasteiger partial charge in [-0.25, -0.2) is 0 Å². The van der Waals surface area contributed by atoms with Crippen molar-refractivity contribution in [2.24, 2.45) is 0 Å². The van der Waals surface area contributed by atoms with Gasteiger partial charge in [0.1, 0.15) is 11.8 Å². The monoisotopic (exact) mass is 366 g/mol. The summed E-state index contributed by atoms with van der Waals surface area (Å²) in [5.41, 5.74) is 3.10. The normalized spacial score (nSPS) is 11.9. The Morgan fingerprint density at radius 3 is 2.33 bits per heavy atom. The number of rotatable bonds is 7. The molecule has 0 aliphatic rings. The lowest BCUT2D eigenvalue weighted by molar-refractivity contribution is -0.134. The number of ether oxygens (including phenoxy) is 1. The zero-order valence-electron chi connectivity index (χ0n) is 16.2. The van der Waals surface area contributed by atoms with Crippen molar-refractivity contribution in [1.82, 2.24) is 10.2 Å². The van der Waals surface area contributed by atoms with Crippen LogP contribution in [0.2, 0.25) is 0 Å². The number of hydrogen-bond donors (Lipinski definition) is 1. The molecule has 1 unspecified atom stereocenters. The molecule has 2 rings (SSSR count). The molecule has 0 bridgehead atoms. The summed E-state index contributed by atoms with van der Waals surface area (Å²) < 4.78 is 5.10. The lowest BCUT2D eigenvalue weighted by atomic mass is 10.1. The fourth-order valence-corrected chi connectivity index (χ4v) is 2.59. The Balaban J connectivity index is 1.87. The van der Waals surface area contributed by atoms with Gasteiger partial charge < -0.3 is 15.0 Å². The van der Waals surface area contributed by atoms with Crippen LogP contribution in [0, 0.1) is 6.92 Å². The molecule has 142 valence electrons. The molecule has 0 saturated carbocycles. The molecule has 0 aliphatic carbocycles. The Morgan fingerprint density at radius 1 is 1.11 bits per heavy atom. The number of nitrogens with zero attached hydrogens (tertiary/aromatic N) is 1. The predicted octanol–water partition coefficient (Wildman–Crippen LogP) is 3.18. The Hall–Kier alpha value is -3.08. The Morgan fingerprint density at radius 2 is 1.74 bits per heavy atom. The number of methoxy groups -OCH3 is 1. The zero-order valence-corrected chi connectivity index (χ0v) is 16.2. The highest BCUT2D eigenvalue weighted by Gasteiger charge is 2.18. The number of amides is 2. The van der Waals surface area contributed by atoms with E-state index in [0.717, 1.165) is 16.9 Å². The number of aryl methyl sites for hydroxylation is 1. The number of likely N-dealkylation sites (N-methyl/N-ethyl adjacent to an activating group) is 1. The lowest BCUT2D eigenvalue weighted by Gasteiger charge is -2.22. The summed E-state index contributed by atoms with van der Waals surface area (Å²) in [6, 6.07) is 14.8. The fourth-order valence-electron chi connectivity index (χ4n) is 2.59. The van der Waals surface area contributed by atoms with Gasteiger partial charge in [-0.1, -0.05) is 42.0 Å². The molecule has 0 aliphatic heterocycles. The molecule has 27 heavy (non-hydrogen) atoms. The van der Waals surface area contributed by atoms with Crippen molar-refractivity contribution in [2.45, 2.75) is 26.4 Å². The van der Waals surface area contributed by atoms with Crippen LogP contribution >= 0.6 is 0 Å². The van der Waals surface area contributed by atoms with Crippen molar-refractivity contribution >= 4 is 17.9 Å². The van der Waals surface area contributed by atoms with Crippen molar-refractivity contribution in [2.75, 3.05) is 14.2 Å². The second kappa shape index (κ2) is 9.57. The molecule has 2 aromatic rings. The summed E-state index contributed by atoms with van der Waals surface area (Å²) in [4.78, 5) is 26.2. The predicted molar refractivity (Wildman–Crippen MR) is 107 cm³/mol. The summed E-state index contributed by atoms with van der Waals surface area (Å²) in [7, 11) is 3.34. The first kappa shape index (κ1) is 20.2. The maximum absolute atomic E-state index is 12.5. The number of carbonyl (C=O) groups is 2. The first-order chi connectivity index (χ1) is 12.9. The van der Waals surface area contributed by atoms with Crippen LogP contribution in [0.1, 0.15) is 23.6 Å². The quantitative estimate of drug-likeness (QED) is 0.766. The third-order valence-corrected chi connectivity index (χ3v) is 4.19. The van der Waals surface area contributed by atoms with Gasteiger partial charge in [0.25, 0.3) is 0 Å². The van der Waals surface area contributed by atoms with E-state index in [9.17, 15) is 9.59 Å². The number of carbonyl (C=O) groups excluding carboxylic acids is 2. The van der Waals surface area contributed by atoms with Crippen LogP contribution in [0.5, 0.6) is 5.75 Å². The highest BCUT2D eigenvalue weighted by molar-refractivity contribution is 5.95. The van der Waals surface area contributed by atoms with Gasteiger partial charge in [0.2, 0.25) is 11.8 Å². The molecule has 0 aromatic heterocycles. The summed E-state index contributed by atoms with van der Waals surface area (Å²) in [5, 5.41) is 2.71. The van der Waals surface area contributed by atoms with Gasteiger partial charge in [-0.15, -0.1) is 0 Å². The van der Waals surface area contributed by atoms with Crippen molar-refractivity contribution in [1.29, 1.82) is 0 Å². The van der Waals surface area contributed by atoms with Gasteiger partial charge in [0, 0.05) is 19.7 Å². The molecule has 1 N–H and O–H groups in total. The molecule has 2 aromatic carbocycles. The smallest absolute Gasteiger partial charge is 0.244 e. The van der Waals surface area contributed by atoms with Crippen LogP contribution < -0.4 is 10.1 Å². The Bertz CT molecular complexity index is 795. The van der Waals surface area contributed by atoms with E-state index in [2.05, 4.69) is 5.32 Å². The van der Waals surface area contributed by atoms with Gasteiger partial charge in [0.15, 0.2) is 0 Å². The van der Waals surface area contributed by atoms with Crippen LogP contribution in [0.25, 0.3) is 6.08 Å². The van der Waals surface area contributed by atoms with E-state index in [1.807, 2.05) is 55.5 Å². The SMILES string of the molecule is COc1ccc(/C=C/C(=O)NC(C)C(=O)N(C)Cc2ccc(C)cc2)cc1. The summed E-state index contributed by atoms with van der Waals surface area (Å²) in [6.45, 7) is 4.21. The van der Waals surface area contributed by atoms with Crippen LogP contribution in [0.3, 0.4) is 0 Å². The van der Waals surface area contributed by atoms with Crippen molar-refractivity contribution in [3.8, 4) is 5.75 Å². The molecule has 0 fully saturated rings. The van der Waals surface area contributed by atoms with E-state index in [1.165, 1.54) is 11.6 Å². The van der Waals surface area contributed by atoms with Crippen LogP contribution in [0.4, 0.5) is 0 Å². The Kier molecular flexibility index (Phi) is 7.17. The van der Waals surface area contributed by atoms with Crippen molar-refractivity contribution in [3.63, 3.8) is 0 Å². The van der Waals surface area contributed by atoms with Crippen molar-refractivity contribution < 1.29 is 14.3 Å². The molecular formula is C22H26N2O3. The minimum atomic E-state index is -0.603. The number of nitrogens with one attached hydrogen (secondary N) is 1. The first-order valence-corrected chi connectivity index (χ1v) is 8.82. The van der Waals surface area contributed by atoms with Gasteiger partial charge in [-0.2, -0.15) is 0 Å². The van der Waals surface area contributed by atoms with E-state index in [0.29, 0.717) is 6.54 Å². The van der Waals surface area contributed by atoms with Gasteiger partial charge >= 0.3 is 0 Å². The summed E-state index contributed by atoms with van der Waals surface area (Å²) >= 11 is 0. The Labute approximate surface area is 160 Å². The fraction of sp³-hybridized carbons (Fsp3) is 0.273. The average Bonchev–Trinajstić information content (AvgIpc) is 2.67. The highest BCUT2D eigenvalue weighted by atomic mass is 16.5. The summed E-state index contributed by atoms with van der Waals surface area (Å²) in [5.74, 6) is 0.310. The standard InChI is InChI=1S/C22H26N2O3/c1-16-5-7-19(8-6-16)15-24(3)22(26)17(2)23-21(25)14-11-18-9-12-20(27-4)13-10-18/h5-14,17H,15H2,1-4H3,(H,23,25)/b14-11+. The lowest BCUT2D eigenvalue weighted by Crippen LogP contribution is -2.44. The maximum Gasteiger partial charge on any atom is 0.244 e. The second-order valence-electron chi connectivity index (χ2n) is 6.52. The minimum absolute atomic E-state index is 0.137. The second-order valence-corrected chi connectivity index (χ2v) is 6.52. The summed E-state index contributed by atoms with van der Waals surface area (Å²) in [6.07, 6.45) is 3.12. The molecule has 2 amide bonds.